The third kappa shape index (κ3) is 4.31. The van der Waals surface area contributed by atoms with Gasteiger partial charge in [0, 0.05) is 5.02 Å². The number of carbonyl (C=O) groups excluding carboxylic acids is 2. The maximum atomic E-state index is 11.1. The highest BCUT2D eigenvalue weighted by Gasteiger charge is 2.18. The second kappa shape index (κ2) is 6.26. The summed E-state index contributed by atoms with van der Waals surface area (Å²) in [5.41, 5.74) is 4.42. The molecule has 19 heavy (non-hydrogen) atoms. The molecular weight excluding hydrogens is 299 g/mol. The van der Waals surface area contributed by atoms with Crippen molar-refractivity contribution in [3.63, 3.8) is 0 Å². The van der Waals surface area contributed by atoms with Gasteiger partial charge in [-0.1, -0.05) is 23.2 Å². The van der Waals surface area contributed by atoms with Gasteiger partial charge in [-0.2, -0.15) is 0 Å². The van der Waals surface area contributed by atoms with E-state index in [1.807, 2.05) is 0 Å². The third-order valence-electron chi connectivity index (χ3n) is 1.85. The second-order valence-electron chi connectivity index (χ2n) is 3.27. The van der Waals surface area contributed by atoms with E-state index < -0.39 is 24.5 Å². The molecule has 0 bridgehead atoms. The SMILES string of the molecule is NC(=O)NC(=O)COc1c(Cl)cc(Cl)cc1C(=O)O. The number of halogens is 2. The molecule has 0 aliphatic heterocycles. The van der Waals surface area contributed by atoms with Crippen molar-refractivity contribution in [2.75, 3.05) is 6.61 Å². The van der Waals surface area contributed by atoms with Crippen LogP contribution in [0.5, 0.6) is 5.75 Å². The largest absolute Gasteiger partial charge is 0.481 e. The minimum atomic E-state index is -1.32. The number of urea groups is 1. The van der Waals surface area contributed by atoms with Gasteiger partial charge in [-0.3, -0.25) is 10.1 Å². The summed E-state index contributed by atoms with van der Waals surface area (Å²) in [4.78, 5) is 32.5. The number of hydrogen-bond donors (Lipinski definition) is 3. The van der Waals surface area contributed by atoms with Gasteiger partial charge in [-0.15, -0.1) is 0 Å². The standard InChI is InChI=1S/C10H8Cl2N2O5/c11-4-1-5(9(16)17)8(6(12)2-4)19-3-7(15)14-10(13)18/h1-2H,3H2,(H,16,17)(H3,13,14,15,18). The number of nitrogens with two attached hydrogens (primary N) is 1. The number of carboxylic acids is 1. The number of benzene rings is 1. The molecule has 3 amide bonds. The van der Waals surface area contributed by atoms with Crippen LogP contribution in [0.3, 0.4) is 0 Å². The monoisotopic (exact) mass is 306 g/mol. The van der Waals surface area contributed by atoms with E-state index in [9.17, 15) is 14.4 Å². The number of nitrogens with one attached hydrogen (secondary N) is 1. The molecule has 1 aromatic carbocycles. The number of carboxylic acid groups (broad SMARTS) is 1. The molecule has 0 heterocycles. The Morgan fingerprint density at radius 1 is 1.32 bits per heavy atom. The van der Waals surface area contributed by atoms with E-state index in [0.29, 0.717) is 0 Å². The number of ether oxygens (including phenoxy) is 1. The molecule has 9 heteroatoms. The number of hydrogen-bond acceptors (Lipinski definition) is 4. The van der Waals surface area contributed by atoms with Crippen LogP contribution in [0.2, 0.25) is 10.0 Å². The van der Waals surface area contributed by atoms with Crippen molar-refractivity contribution >= 4 is 41.1 Å². The van der Waals surface area contributed by atoms with Gasteiger partial charge in [0.1, 0.15) is 5.56 Å². The van der Waals surface area contributed by atoms with Gasteiger partial charge in [0.2, 0.25) is 0 Å². The van der Waals surface area contributed by atoms with Crippen LogP contribution in [0, 0.1) is 0 Å². The average molecular weight is 307 g/mol. The lowest BCUT2D eigenvalue weighted by Gasteiger charge is -2.10. The molecule has 0 aromatic heterocycles. The fourth-order valence-corrected chi connectivity index (χ4v) is 1.73. The molecule has 0 unspecified atom stereocenters. The highest BCUT2D eigenvalue weighted by atomic mass is 35.5. The van der Waals surface area contributed by atoms with E-state index >= 15 is 0 Å². The second-order valence-corrected chi connectivity index (χ2v) is 4.11. The van der Waals surface area contributed by atoms with Crippen molar-refractivity contribution in [3.05, 3.63) is 27.7 Å². The van der Waals surface area contributed by atoms with Crippen LogP contribution in [-0.4, -0.2) is 29.6 Å². The lowest BCUT2D eigenvalue weighted by molar-refractivity contribution is -0.121. The molecule has 0 fully saturated rings. The summed E-state index contributed by atoms with van der Waals surface area (Å²) in [6.07, 6.45) is 0. The maximum Gasteiger partial charge on any atom is 0.339 e. The Bertz CT molecular complexity index is 547. The van der Waals surface area contributed by atoms with E-state index in [0.717, 1.165) is 6.07 Å². The lowest BCUT2D eigenvalue weighted by Crippen LogP contribution is -2.38. The number of rotatable bonds is 4. The lowest BCUT2D eigenvalue weighted by atomic mass is 10.2. The van der Waals surface area contributed by atoms with Gasteiger partial charge >= 0.3 is 12.0 Å². The molecule has 0 aliphatic carbocycles. The first-order valence-electron chi connectivity index (χ1n) is 4.75. The highest BCUT2D eigenvalue weighted by molar-refractivity contribution is 6.36. The van der Waals surface area contributed by atoms with E-state index in [2.05, 4.69) is 0 Å². The smallest absolute Gasteiger partial charge is 0.339 e. The van der Waals surface area contributed by atoms with Crippen LogP contribution < -0.4 is 15.8 Å². The van der Waals surface area contributed by atoms with Crippen molar-refractivity contribution < 1.29 is 24.2 Å². The molecule has 7 nitrogen and oxygen atoms in total. The van der Waals surface area contributed by atoms with Gasteiger partial charge < -0.3 is 15.6 Å². The van der Waals surface area contributed by atoms with Crippen LogP contribution in [0.25, 0.3) is 0 Å². The first-order chi connectivity index (χ1) is 8.81. The van der Waals surface area contributed by atoms with Crippen molar-refractivity contribution in [1.29, 1.82) is 0 Å². The van der Waals surface area contributed by atoms with Crippen LogP contribution in [0.4, 0.5) is 4.79 Å². The van der Waals surface area contributed by atoms with Gasteiger partial charge in [-0.25, -0.2) is 9.59 Å². The molecule has 0 radical (unpaired) electrons. The first kappa shape index (κ1) is 15.1. The molecule has 102 valence electrons. The van der Waals surface area contributed by atoms with Gasteiger partial charge in [0.05, 0.1) is 5.02 Å². The zero-order valence-corrected chi connectivity index (χ0v) is 10.8. The molecular formula is C10H8Cl2N2O5. The normalized spacial score (nSPS) is 9.79. The summed E-state index contributed by atoms with van der Waals surface area (Å²) in [5, 5.41) is 10.7. The molecule has 4 N–H and O–H groups in total. The van der Waals surface area contributed by atoms with Crippen LogP contribution in [-0.2, 0) is 4.79 Å². The number of primary amides is 1. The van der Waals surface area contributed by atoms with Gasteiger partial charge in [-0.05, 0) is 12.1 Å². The molecule has 0 atom stereocenters. The fourth-order valence-electron chi connectivity index (χ4n) is 1.18. The Balaban J connectivity index is 2.91. The van der Waals surface area contributed by atoms with Crippen LogP contribution >= 0.6 is 23.2 Å². The van der Waals surface area contributed by atoms with E-state index in [-0.39, 0.29) is 21.4 Å². The molecule has 0 saturated carbocycles. The summed E-state index contributed by atoms with van der Waals surface area (Å²) in [5.74, 6) is -2.39. The zero-order chi connectivity index (χ0) is 14.6. The number of imide groups is 1. The van der Waals surface area contributed by atoms with Crippen molar-refractivity contribution in [2.24, 2.45) is 5.73 Å². The average Bonchev–Trinajstić information content (AvgIpc) is 2.25. The Kier molecular flexibility index (Phi) is 4.96. The summed E-state index contributed by atoms with van der Waals surface area (Å²) < 4.78 is 4.96. The molecule has 1 rings (SSSR count). The van der Waals surface area contributed by atoms with Gasteiger partial charge in [0.25, 0.3) is 5.91 Å². The Hall–Kier alpha value is -1.99. The Morgan fingerprint density at radius 2 is 1.95 bits per heavy atom. The van der Waals surface area contributed by atoms with E-state index in [1.165, 1.54) is 6.07 Å². The first-order valence-corrected chi connectivity index (χ1v) is 5.51. The predicted molar refractivity (Wildman–Crippen MR) is 66.6 cm³/mol. The quantitative estimate of drug-likeness (QED) is 0.774. The fraction of sp³-hybridized carbons (Fsp3) is 0.100. The van der Waals surface area contributed by atoms with Gasteiger partial charge in [0.15, 0.2) is 12.4 Å². The number of carbonyl (C=O) groups is 3. The topological polar surface area (TPSA) is 119 Å². The Morgan fingerprint density at radius 3 is 2.47 bits per heavy atom. The Labute approximate surface area is 117 Å². The van der Waals surface area contributed by atoms with Crippen LogP contribution in [0.15, 0.2) is 12.1 Å². The van der Waals surface area contributed by atoms with E-state index in [4.69, 9.17) is 38.8 Å². The highest BCUT2D eigenvalue weighted by Crippen LogP contribution is 2.32. The van der Waals surface area contributed by atoms with Crippen molar-refractivity contribution in [1.82, 2.24) is 5.32 Å². The maximum absolute atomic E-state index is 11.1. The van der Waals surface area contributed by atoms with Crippen LogP contribution in [0.1, 0.15) is 10.4 Å². The predicted octanol–water partition coefficient (Wildman–Crippen LogP) is 1.27. The van der Waals surface area contributed by atoms with E-state index in [1.54, 1.807) is 5.32 Å². The minimum absolute atomic E-state index is 0.0724. The molecule has 1 aromatic rings. The summed E-state index contributed by atoms with van der Waals surface area (Å²) >= 11 is 11.4. The summed E-state index contributed by atoms with van der Waals surface area (Å²) in [6.45, 7) is -0.620. The molecule has 0 spiro atoms. The number of amides is 3. The molecule has 0 aliphatic rings. The summed E-state index contributed by atoms with van der Waals surface area (Å²) in [7, 11) is 0. The third-order valence-corrected chi connectivity index (χ3v) is 2.35. The molecule has 0 saturated heterocycles. The van der Waals surface area contributed by atoms with Crippen molar-refractivity contribution in [2.45, 2.75) is 0 Å². The minimum Gasteiger partial charge on any atom is -0.481 e. The summed E-state index contributed by atoms with van der Waals surface area (Å²) in [6, 6.07) is 1.34. The number of aromatic carboxylic acids is 1. The zero-order valence-electron chi connectivity index (χ0n) is 9.28. The van der Waals surface area contributed by atoms with Crippen molar-refractivity contribution in [3.8, 4) is 5.75 Å².